The van der Waals surface area contributed by atoms with E-state index in [9.17, 15) is 5.11 Å². The molecule has 5 heteroatoms. The van der Waals surface area contributed by atoms with E-state index in [0.29, 0.717) is 21.6 Å². The summed E-state index contributed by atoms with van der Waals surface area (Å²) in [6, 6.07) is 6.87. The van der Waals surface area contributed by atoms with Crippen LogP contribution in [-0.4, -0.2) is 15.1 Å². The lowest BCUT2D eigenvalue weighted by Crippen LogP contribution is -1.94. The van der Waals surface area contributed by atoms with E-state index in [1.807, 2.05) is 0 Å². The molecule has 2 aromatic rings. The molecule has 3 nitrogen and oxygen atoms in total. The highest BCUT2D eigenvalue weighted by molar-refractivity contribution is 9.10. The summed E-state index contributed by atoms with van der Waals surface area (Å²) in [5.74, 6) is 0.134. The van der Waals surface area contributed by atoms with Gasteiger partial charge in [0.25, 0.3) is 0 Å². The normalized spacial score (nSPS) is 10.4. The topological polar surface area (TPSA) is 46.0 Å². The molecule has 0 aliphatic carbocycles. The van der Waals surface area contributed by atoms with E-state index in [0.717, 1.165) is 0 Å². The Kier molecular flexibility index (Phi) is 3.12. The summed E-state index contributed by atoms with van der Waals surface area (Å²) in [5, 5.41) is 9.99. The number of phenols is 1. The van der Waals surface area contributed by atoms with Crippen LogP contribution in [0.25, 0.3) is 11.3 Å². The lowest BCUT2D eigenvalue weighted by Gasteiger charge is -2.07. The summed E-state index contributed by atoms with van der Waals surface area (Å²) in [5.41, 5.74) is 1.75. The van der Waals surface area contributed by atoms with Crippen LogP contribution in [0.2, 0.25) is 5.15 Å². The summed E-state index contributed by atoms with van der Waals surface area (Å²) in [6.07, 6.45) is 0. The molecule has 1 N–H and O–H groups in total. The lowest BCUT2D eigenvalue weighted by molar-refractivity contribution is 0.477. The molecule has 0 saturated carbocycles. The molecule has 0 fully saturated rings. The van der Waals surface area contributed by atoms with E-state index in [2.05, 4.69) is 25.9 Å². The molecular formula is C11H8BrClN2O. The van der Waals surface area contributed by atoms with Gasteiger partial charge in [-0.05, 0) is 35.0 Å². The molecule has 82 valence electrons. The maximum absolute atomic E-state index is 9.71. The maximum atomic E-state index is 9.71. The van der Waals surface area contributed by atoms with Gasteiger partial charge in [-0.2, -0.15) is 0 Å². The molecule has 0 spiro atoms. The number of para-hydroxylation sites is 1. The second kappa shape index (κ2) is 4.39. The molecule has 0 aliphatic rings. The van der Waals surface area contributed by atoms with Gasteiger partial charge in [0.05, 0.1) is 5.69 Å². The van der Waals surface area contributed by atoms with Gasteiger partial charge in [0.2, 0.25) is 0 Å². The highest BCUT2D eigenvalue weighted by Crippen LogP contribution is 2.32. The van der Waals surface area contributed by atoms with Crippen molar-refractivity contribution in [2.24, 2.45) is 0 Å². The monoisotopic (exact) mass is 298 g/mol. The predicted octanol–water partition coefficient (Wildman–Crippen LogP) is 3.57. The quantitative estimate of drug-likeness (QED) is 0.875. The molecule has 1 heterocycles. The van der Waals surface area contributed by atoms with Crippen LogP contribution in [0.5, 0.6) is 5.75 Å². The van der Waals surface area contributed by atoms with E-state index >= 15 is 0 Å². The third-order valence-corrected chi connectivity index (χ3v) is 3.14. The van der Waals surface area contributed by atoms with Gasteiger partial charge < -0.3 is 5.11 Å². The van der Waals surface area contributed by atoms with Gasteiger partial charge in [0.1, 0.15) is 16.0 Å². The van der Waals surface area contributed by atoms with Gasteiger partial charge in [-0.25, -0.2) is 9.97 Å². The first-order valence-electron chi connectivity index (χ1n) is 4.57. The van der Waals surface area contributed by atoms with Crippen LogP contribution < -0.4 is 0 Å². The van der Waals surface area contributed by atoms with E-state index in [-0.39, 0.29) is 10.9 Å². The summed E-state index contributed by atoms with van der Waals surface area (Å²) in [6.45, 7) is 1.80. The van der Waals surface area contributed by atoms with Gasteiger partial charge >= 0.3 is 0 Å². The van der Waals surface area contributed by atoms with Crippen LogP contribution in [0.1, 0.15) is 5.69 Å². The minimum atomic E-state index is 0.134. The van der Waals surface area contributed by atoms with Crippen molar-refractivity contribution in [3.63, 3.8) is 0 Å². The standard InChI is InChI=1S/C11H8BrClN2O/c1-6-10(12)15-9(11(13)14-6)7-4-2-3-5-8(7)16/h2-5,16H,1H3. The van der Waals surface area contributed by atoms with E-state index < -0.39 is 0 Å². The van der Waals surface area contributed by atoms with Crippen molar-refractivity contribution < 1.29 is 5.11 Å². The zero-order valence-corrected chi connectivity index (χ0v) is 10.7. The molecule has 0 unspecified atom stereocenters. The number of hydrogen-bond acceptors (Lipinski definition) is 3. The zero-order chi connectivity index (χ0) is 11.7. The number of halogens is 2. The van der Waals surface area contributed by atoms with E-state index in [1.165, 1.54) is 0 Å². The number of benzene rings is 1. The van der Waals surface area contributed by atoms with Crippen molar-refractivity contribution >= 4 is 27.5 Å². The predicted molar refractivity (Wildman–Crippen MR) is 66.6 cm³/mol. The number of hydrogen-bond donors (Lipinski definition) is 1. The number of aromatic hydroxyl groups is 1. The fourth-order valence-corrected chi connectivity index (χ4v) is 1.85. The summed E-state index contributed by atoms with van der Waals surface area (Å²) in [7, 11) is 0. The molecule has 0 saturated heterocycles. The average Bonchev–Trinajstić information content (AvgIpc) is 2.25. The Morgan fingerprint density at radius 2 is 1.94 bits per heavy atom. The number of aryl methyl sites for hydroxylation is 1. The number of phenolic OH excluding ortho intramolecular Hbond substituents is 1. The van der Waals surface area contributed by atoms with Gasteiger partial charge in [0.15, 0.2) is 5.15 Å². The Morgan fingerprint density at radius 3 is 2.62 bits per heavy atom. The molecule has 2 rings (SSSR count). The van der Waals surface area contributed by atoms with Crippen molar-refractivity contribution in [3.8, 4) is 17.0 Å². The first-order valence-corrected chi connectivity index (χ1v) is 5.74. The van der Waals surface area contributed by atoms with Crippen LogP contribution in [-0.2, 0) is 0 Å². The van der Waals surface area contributed by atoms with Crippen molar-refractivity contribution in [2.75, 3.05) is 0 Å². The smallest absolute Gasteiger partial charge is 0.155 e. The van der Waals surface area contributed by atoms with Crippen molar-refractivity contribution in [1.29, 1.82) is 0 Å². The van der Waals surface area contributed by atoms with Gasteiger partial charge in [-0.1, -0.05) is 23.7 Å². The molecule has 1 aromatic heterocycles. The fourth-order valence-electron chi connectivity index (χ4n) is 1.32. The van der Waals surface area contributed by atoms with Crippen LogP contribution in [0.4, 0.5) is 0 Å². The van der Waals surface area contributed by atoms with Crippen molar-refractivity contribution in [2.45, 2.75) is 6.92 Å². The molecule has 0 bridgehead atoms. The minimum Gasteiger partial charge on any atom is -0.507 e. The summed E-state index contributed by atoms with van der Waals surface area (Å²) < 4.78 is 0.621. The van der Waals surface area contributed by atoms with Gasteiger partial charge in [0, 0.05) is 5.56 Å². The van der Waals surface area contributed by atoms with Crippen LogP contribution in [0.3, 0.4) is 0 Å². The molecule has 0 aliphatic heterocycles. The number of rotatable bonds is 1. The summed E-state index contributed by atoms with van der Waals surface area (Å²) in [4.78, 5) is 8.40. The molecule has 16 heavy (non-hydrogen) atoms. The van der Waals surface area contributed by atoms with Crippen molar-refractivity contribution in [3.05, 3.63) is 39.7 Å². The maximum Gasteiger partial charge on any atom is 0.155 e. The summed E-state index contributed by atoms with van der Waals surface area (Å²) >= 11 is 9.29. The Bertz CT molecular complexity index is 546. The Hall–Kier alpha value is -1.13. The van der Waals surface area contributed by atoms with Crippen molar-refractivity contribution in [1.82, 2.24) is 9.97 Å². The largest absolute Gasteiger partial charge is 0.507 e. The zero-order valence-electron chi connectivity index (χ0n) is 8.41. The number of aromatic nitrogens is 2. The van der Waals surface area contributed by atoms with Gasteiger partial charge in [-0.3, -0.25) is 0 Å². The van der Waals surface area contributed by atoms with Gasteiger partial charge in [-0.15, -0.1) is 0 Å². The second-order valence-electron chi connectivity index (χ2n) is 3.26. The highest BCUT2D eigenvalue weighted by atomic mass is 79.9. The van der Waals surface area contributed by atoms with E-state index in [4.69, 9.17) is 11.6 Å². The van der Waals surface area contributed by atoms with Crippen LogP contribution >= 0.6 is 27.5 Å². The highest BCUT2D eigenvalue weighted by Gasteiger charge is 2.12. The third kappa shape index (κ3) is 2.03. The fraction of sp³-hybridized carbons (Fsp3) is 0.0909. The molecule has 1 aromatic carbocycles. The third-order valence-electron chi connectivity index (χ3n) is 2.13. The Labute approximate surface area is 106 Å². The van der Waals surface area contributed by atoms with Crippen LogP contribution in [0, 0.1) is 6.92 Å². The minimum absolute atomic E-state index is 0.134. The van der Waals surface area contributed by atoms with Crippen LogP contribution in [0.15, 0.2) is 28.9 Å². The Balaban J connectivity index is 2.65. The first-order chi connectivity index (χ1) is 7.59. The second-order valence-corrected chi connectivity index (χ2v) is 4.37. The Morgan fingerprint density at radius 1 is 1.25 bits per heavy atom. The average molecular weight is 300 g/mol. The SMILES string of the molecule is Cc1nc(Cl)c(-c2ccccc2O)nc1Br. The molecule has 0 radical (unpaired) electrons. The van der Waals surface area contributed by atoms with E-state index in [1.54, 1.807) is 31.2 Å². The lowest BCUT2D eigenvalue weighted by atomic mass is 10.1. The molecular weight excluding hydrogens is 291 g/mol. The molecule has 0 amide bonds. The molecule has 0 atom stereocenters. The first kappa shape index (κ1) is 11.4. The number of nitrogens with zero attached hydrogens (tertiary/aromatic N) is 2.